The van der Waals surface area contributed by atoms with Gasteiger partial charge in [0.2, 0.25) is 0 Å². The van der Waals surface area contributed by atoms with Crippen molar-refractivity contribution in [3.63, 3.8) is 0 Å². The van der Waals surface area contributed by atoms with Crippen LogP contribution < -0.4 is 10.5 Å². The number of hydrogen-bond acceptors (Lipinski definition) is 3. The highest BCUT2D eigenvalue weighted by Gasteiger charge is 2.21. The Labute approximate surface area is 120 Å². The molecule has 1 unspecified atom stereocenters. The van der Waals surface area contributed by atoms with Crippen LogP contribution in [0.15, 0.2) is 24.3 Å². The molecule has 0 saturated carbocycles. The van der Waals surface area contributed by atoms with Crippen molar-refractivity contribution >= 4 is 11.6 Å². The number of likely N-dealkylation sites (tertiary alicyclic amines) is 1. The summed E-state index contributed by atoms with van der Waals surface area (Å²) in [5.41, 5.74) is 5.95. The molecule has 1 aliphatic rings. The molecule has 1 heterocycles. The molecule has 4 heteroatoms. The Kier molecular flexibility index (Phi) is 5.49. The highest BCUT2D eigenvalue weighted by molar-refractivity contribution is 6.30. The molecule has 1 aromatic carbocycles. The smallest absolute Gasteiger partial charge is 0.120 e. The summed E-state index contributed by atoms with van der Waals surface area (Å²) in [7, 11) is 0. The lowest BCUT2D eigenvalue weighted by Crippen LogP contribution is -2.41. The van der Waals surface area contributed by atoms with Crippen molar-refractivity contribution in [1.82, 2.24) is 4.90 Å². The molecular weight excluding hydrogens is 260 g/mol. The molecule has 106 valence electrons. The third-order valence-corrected chi connectivity index (χ3v) is 4.08. The Hall–Kier alpha value is -0.770. The number of piperidine rings is 1. The molecule has 1 fully saturated rings. The van der Waals surface area contributed by atoms with E-state index in [9.17, 15) is 0 Å². The van der Waals surface area contributed by atoms with Gasteiger partial charge in [-0.3, -0.25) is 4.90 Å². The number of ether oxygens (including phenoxy) is 1. The van der Waals surface area contributed by atoms with E-state index in [4.69, 9.17) is 22.1 Å². The molecule has 1 saturated heterocycles. The quantitative estimate of drug-likeness (QED) is 0.902. The van der Waals surface area contributed by atoms with E-state index in [0.717, 1.165) is 30.4 Å². The monoisotopic (exact) mass is 282 g/mol. The van der Waals surface area contributed by atoms with E-state index in [1.165, 1.54) is 12.8 Å². The zero-order chi connectivity index (χ0) is 13.7. The van der Waals surface area contributed by atoms with Gasteiger partial charge in [-0.2, -0.15) is 0 Å². The second-order valence-electron chi connectivity index (χ2n) is 5.34. The first-order valence-corrected chi connectivity index (χ1v) is 7.39. The summed E-state index contributed by atoms with van der Waals surface area (Å²) in [4.78, 5) is 2.45. The van der Waals surface area contributed by atoms with Gasteiger partial charge in [-0.15, -0.1) is 0 Å². The summed E-state index contributed by atoms with van der Waals surface area (Å²) in [6.45, 7) is 6.06. The summed E-state index contributed by atoms with van der Waals surface area (Å²) in [5.74, 6) is 1.53. The average Bonchev–Trinajstić information content (AvgIpc) is 2.39. The van der Waals surface area contributed by atoms with Gasteiger partial charge in [0, 0.05) is 17.6 Å². The maximum absolute atomic E-state index is 5.95. The Bertz CT molecular complexity index is 389. The number of nitrogens with two attached hydrogens (primary N) is 1. The SMILES string of the molecule is CC(N)C1CCN(CCOc2cccc(Cl)c2)CC1. The lowest BCUT2D eigenvalue weighted by atomic mass is 9.91. The Morgan fingerprint density at radius 2 is 2.16 bits per heavy atom. The number of rotatable bonds is 5. The average molecular weight is 283 g/mol. The summed E-state index contributed by atoms with van der Waals surface area (Å²) in [5, 5.41) is 0.718. The molecule has 2 N–H and O–H groups in total. The van der Waals surface area contributed by atoms with Crippen molar-refractivity contribution in [1.29, 1.82) is 0 Å². The van der Waals surface area contributed by atoms with Gasteiger partial charge in [-0.25, -0.2) is 0 Å². The van der Waals surface area contributed by atoms with Gasteiger partial charge in [-0.1, -0.05) is 17.7 Å². The van der Waals surface area contributed by atoms with Gasteiger partial charge < -0.3 is 10.5 Å². The second kappa shape index (κ2) is 7.13. The van der Waals surface area contributed by atoms with Crippen molar-refractivity contribution < 1.29 is 4.74 Å². The van der Waals surface area contributed by atoms with Crippen molar-refractivity contribution in [3.8, 4) is 5.75 Å². The summed E-state index contributed by atoms with van der Waals surface area (Å²) < 4.78 is 5.71. The standard InChI is InChI=1S/C15H23ClN2O/c1-12(17)13-5-7-18(8-6-13)9-10-19-15-4-2-3-14(16)11-15/h2-4,11-13H,5-10,17H2,1H3. The van der Waals surface area contributed by atoms with Crippen molar-refractivity contribution in [2.75, 3.05) is 26.2 Å². The third-order valence-electron chi connectivity index (χ3n) is 3.85. The highest BCUT2D eigenvalue weighted by atomic mass is 35.5. The molecule has 0 bridgehead atoms. The van der Waals surface area contributed by atoms with E-state index in [2.05, 4.69) is 11.8 Å². The van der Waals surface area contributed by atoms with Crippen LogP contribution in [-0.2, 0) is 0 Å². The molecule has 1 aromatic rings. The number of halogens is 1. The summed E-state index contributed by atoms with van der Waals surface area (Å²) in [6, 6.07) is 7.88. The lowest BCUT2D eigenvalue weighted by molar-refractivity contribution is 0.147. The predicted molar refractivity (Wildman–Crippen MR) is 79.8 cm³/mol. The molecule has 1 atom stereocenters. The number of hydrogen-bond donors (Lipinski definition) is 1. The largest absolute Gasteiger partial charge is 0.492 e. The van der Waals surface area contributed by atoms with Crippen LogP contribution >= 0.6 is 11.6 Å². The minimum absolute atomic E-state index is 0.324. The molecule has 19 heavy (non-hydrogen) atoms. The molecule has 3 nitrogen and oxygen atoms in total. The first kappa shape index (κ1) is 14.6. The fourth-order valence-corrected chi connectivity index (χ4v) is 2.73. The van der Waals surface area contributed by atoms with E-state index in [1.807, 2.05) is 24.3 Å². The molecule has 1 aliphatic heterocycles. The molecule has 0 radical (unpaired) electrons. The maximum atomic E-state index is 5.95. The molecule has 0 aliphatic carbocycles. The number of nitrogens with zero attached hydrogens (tertiary/aromatic N) is 1. The zero-order valence-corrected chi connectivity index (χ0v) is 12.3. The topological polar surface area (TPSA) is 38.5 Å². The van der Waals surface area contributed by atoms with E-state index < -0.39 is 0 Å². The normalized spacial score (nSPS) is 19.3. The molecule has 0 aromatic heterocycles. The predicted octanol–water partition coefficient (Wildman–Crippen LogP) is 2.78. The van der Waals surface area contributed by atoms with Crippen LogP contribution in [0, 0.1) is 5.92 Å². The van der Waals surface area contributed by atoms with E-state index in [1.54, 1.807) is 0 Å². The molecule has 0 amide bonds. The minimum Gasteiger partial charge on any atom is -0.492 e. The van der Waals surface area contributed by atoms with Crippen LogP contribution in [0.2, 0.25) is 5.02 Å². The van der Waals surface area contributed by atoms with Gasteiger partial charge in [0.05, 0.1) is 0 Å². The van der Waals surface area contributed by atoms with Crippen LogP contribution in [0.5, 0.6) is 5.75 Å². The zero-order valence-electron chi connectivity index (χ0n) is 11.5. The Morgan fingerprint density at radius 1 is 1.42 bits per heavy atom. The Balaban J connectivity index is 1.67. The fourth-order valence-electron chi connectivity index (χ4n) is 2.55. The third kappa shape index (κ3) is 4.68. The number of benzene rings is 1. The fraction of sp³-hybridized carbons (Fsp3) is 0.600. The van der Waals surface area contributed by atoms with E-state index in [0.29, 0.717) is 18.6 Å². The van der Waals surface area contributed by atoms with Crippen LogP contribution in [0.25, 0.3) is 0 Å². The van der Waals surface area contributed by atoms with Crippen molar-refractivity contribution in [3.05, 3.63) is 29.3 Å². The molecule has 2 rings (SSSR count). The lowest BCUT2D eigenvalue weighted by Gasteiger charge is -2.33. The van der Waals surface area contributed by atoms with Crippen LogP contribution in [0.4, 0.5) is 0 Å². The van der Waals surface area contributed by atoms with E-state index in [-0.39, 0.29) is 0 Å². The van der Waals surface area contributed by atoms with Gasteiger partial charge in [-0.05, 0) is 57.0 Å². The highest BCUT2D eigenvalue weighted by Crippen LogP contribution is 2.20. The summed E-state index contributed by atoms with van der Waals surface area (Å²) in [6.07, 6.45) is 2.41. The van der Waals surface area contributed by atoms with Crippen molar-refractivity contribution in [2.45, 2.75) is 25.8 Å². The molecule has 0 spiro atoms. The van der Waals surface area contributed by atoms with Crippen molar-refractivity contribution in [2.24, 2.45) is 11.7 Å². The minimum atomic E-state index is 0.324. The Morgan fingerprint density at radius 3 is 2.79 bits per heavy atom. The maximum Gasteiger partial charge on any atom is 0.120 e. The second-order valence-corrected chi connectivity index (χ2v) is 5.78. The first-order chi connectivity index (χ1) is 9.15. The van der Waals surface area contributed by atoms with Gasteiger partial charge in [0.1, 0.15) is 12.4 Å². The van der Waals surface area contributed by atoms with Crippen LogP contribution in [-0.4, -0.2) is 37.2 Å². The first-order valence-electron chi connectivity index (χ1n) is 7.01. The van der Waals surface area contributed by atoms with Crippen LogP contribution in [0.1, 0.15) is 19.8 Å². The van der Waals surface area contributed by atoms with E-state index >= 15 is 0 Å². The van der Waals surface area contributed by atoms with Gasteiger partial charge >= 0.3 is 0 Å². The molecular formula is C15H23ClN2O. The van der Waals surface area contributed by atoms with Gasteiger partial charge in [0.15, 0.2) is 0 Å². The summed E-state index contributed by atoms with van der Waals surface area (Å²) >= 11 is 5.92. The van der Waals surface area contributed by atoms with Crippen LogP contribution in [0.3, 0.4) is 0 Å². The van der Waals surface area contributed by atoms with Gasteiger partial charge in [0.25, 0.3) is 0 Å².